The highest BCUT2D eigenvalue weighted by Gasteiger charge is 2.48. The molecule has 2 heterocycles. The van der Waals surface area contributed by atoms with Crippen LogP contribution in [0.3, 0.4) is 0 Å². The molecule has 3 heteroatoms. The van der Waals surface area contributed by atoms with E-state index in [2.05, 4.69) is 4.90 Å². The van der Waals surface area contributed by atoms with Crippen LogP contribution >= 0.6 is 0 Å². The van der Waals surface area contributed by atoms with E-state index in [1.807, 2.05) is 6.92 Å². The predicted molar refractivity (Wildman–Crippen MR) is 40.1 cm³/mol. The van der Waals surface area contributed by atoms with Gasteiger partial charge in [0.15, 0.2) is 0 Å². The summed E-state index contributed by atoms with van der Waals surface area (Å²) in [6.45, 7) is 3.48. The molecule has 0 aromatic heterocycles. The van der Waals surface area contributed by atoms with Crippen molar-refractivity contribution in [1.82, 2.24) is 4.90 Å². The summed E-state index contributed by atoms with van der Waals surface area (Å²) in [5.41, 5.74) is 0. The molecule has 2 aliphatic rings. The summed E-state index contributed by atoms with van der Waals surface area (Å²) in [6, 6.07) is 0.810. The highest BCUT2D eigenvalue weighted by molar-refractivity contribution is 5.76. The molecule has 2 fully saturated rings. The number of rotatable bonds is 2. The minimum Gasteiger partial charge on any atom is -0.465 e. The van der Waals surface area contributed by atoms with Crippen LogP contribution in [-0.4, -0.2) is 36.1 Å². The number of fused-ring (bicyclic) bond motifs is 1. The molecule has 0 aromatic carbocycles. The molecule has 3 nitrogen and oxygen atoms in total. The van der Waals surface area contributed by atoms with Crippen molar-refractivity contribution in [2.45, 2.75) is 31.8 Å². The fraction of sp³-hybridized carbons (Fsp3) is 0.875. The quantitative estimate of drug-likeness (QED) is 0.427. The maximum absolute atomic E-state index is 11.2. The number of carbonyl (C=O) groups is 1. The Morgan fingerprint density at radius 2 is 2.45 bits per heavy atom. The lowest BCUT2D eigenvalue weighted by molar-refractivity contribution is -0.147. The number of nitrogens with zero attached hydrogens (tertiary/aromatic N) is 1. The third kappa shape index (κ3) is 1.13. The molecule has 1 unspecified atom stereocenters. The summed E-state index contributed by atoms with van der Waals surface area (Å²) in [5, 5.41) is 0. The van der Waals surface area contributed by atoms with E-state index in [1.165, 1.54) is 6.42 Å². The summed E-state index contributed by atoms with van der Waals surface area (Å²) < 4.78 is 4.94. The molecule has 62 valence electrons. The van der Waals surface area contributed by atoms with Gasteiger partial charge in [-0.25, -0.2) is 0 Å². The van der Waals surface area contributed by atoms with Gasteiger partial charge in [0.25, 0.3) is 0 Å². The molecule has 0 amide bonds. The van der Waals surface area contributed by atoms with Crippen LogP contribution < -0.4 is 0 Å². The molecular formula is C8H13NO2. The van der Waals surface area contributed by atoms with Gasteiger partial charge in [0, 0.05) is 12.6 Å². The van der Waals surface area contributed by atoms with Crippen LogP contribution in [0.5, 0.6) is 0 Å². The third-order valence-corrected chi connectivity index (χ3v) is 2.49. The smallest absolute Gasteiger partial charge is 0.323 e. The van der Waals surface area contributed by atoms with Gasteiger partial charge in [-0.15, -0.1) is 0 Å². The standard InChI is InChI=1S/C8H13NO2/c1-2-11-8(10)7-4-3-6-5-9(6)7/h6-7H,2-5H2,1H3/t6-,7+,9?/m1/s1. The zero-order chi connectivity index (χ0) is 7.84. The highest BCUT2D eigenvalue weighted by Crippen LogP contribution is 2.35. The average molecular weight is 155 g/mol. The first-order valence-corrected chi connectivity index (χ1v) is 4.25. The van der Waals surface area contributed by atoms with E-state index in [0.29, 0.717) is 12.6 Å². The monoisotopic (exact) mass is 155 g/mol. The normalized spacial score (nSPS) is 39.9. The van der Waals surface area contributed by atoms with E-state index in [0.717, 1.165) is 13.0 Å². The Labute approximate surface area is 66.3 Å². The zero-order valence-corrected chi connectivity index (χ0v) is 6.75. The largest absolute Gasteiger partial charge is 0.465 e. The maximum atomic E-state index is 11.2. The summed E-state index contributed by atoms with van der Waals surface area (Å²) in [7, 11) is 0. The molecule has 11 heavy (non-hydrogen) atoms. The van der Waals surface area contributed by atoms with Gasteiger partial charge in [-0.2, -0.15) is 0 Å². The van der Waals surface area contributed by atoms with Crippen LogP contribution in [0.1, 0.15) is 19.8 Å². The zero-order valence-electron chi connectivity index (χ0n) is 6.75. The second-order valence-corrected chi connectivity index (χ2v) is 3.20. The Hall–Kier alpha value is -0.570. The van der Waals surface area contributed by atoms with Crippen molar-refractivity contribution in [2.75, 3.05) is 13.2 Å². The Kier molecular flexibility index (Phi) is 1.60. The molecule has 2 saturated heterocycles. The molecule has 0 saturated carbocycles. The SMILES string of the molecule is CCOC(=O)[C@@H]1CC[C@@H]2CN21. The van der Waals surface area contributed by atoms with Crippen molar-refractivity contribution < 1.29 is 9.53 Å². The Morgan fingerprint density at radius 1 is 1.64 bits per heavy atom. The Bertz CT molecular complexity index is 181. The van der Waals surface area contributed by atoms with Crippen LogP contribution in [0.15, 0.2) is 0 Å². The minimum atomic E-state index is -0.0208. The van der Waals surface area contributed by atoms with Gasteiger partial charge < -0.3 is 4.74 Å². The first-order chi connectivity index (χ1) is 5.33. The number of piperidine rings is 1. The van der Waals surface area contributed by atoms with Gasteiger partial charge in [-0.1, -0.05) is 0 Å². The van der Waals surface area contributed by atoms with Gasteiger partial charge in [-0.05, 0) is 19.8 Å². The molecule has 0 radical (unpaired) electrons. The van der Waals surface area contributed by atoms with Crippen molar-refractivity contribution in [3.8, 4) is 0 Å². The van der Waals surface area contributed by atoms with E-state index in [1.54, 1.807) is 0 Å². The lowest BCUT2D eigenvalue weighted by Crippen LogP contribution is -2.28. The Balaban J connectivity index is 1.89. The van der Waals surface area contributed by atoms with E-state index in [9.17, 15) is 4.79 Å². The predicted octanol–water partition coefficient (Wildman–Crippen LogP) is 0.396. The topological polar surface area (TPSA) is 29.3 Å². The fourth-order valence-electron chi connectivity index (χ4n) is 1.84. The van der Waals surface area contributed by atoms with Crippen molar-refractivity contribution in [3.05, 3.63) is 0 Å². The van der Waals surface area contributed by atoms with Crippen molar-refractivity contribution in [3.63, 3.8) is 0 Å². The summed E-state index contributed by atoms with van der Waals surface area (Å²) >= 11 is 0. The molecule has 3 atom stereocenters. The number of esters is 1. The summed E-state index contributed by atoms with van der Waals surface area (Å²) in [4.78, 5) is 13.4. The average Bonchev–Trinajstić information content (AvgIpc) is 2.63. The molecule has 2 aliphatic heterocycles. The summed E-state index contributed by atoms with van der Waals surface area (Å²) in [5.74, 6) is -0.0208. The number of hydrogen-bond donors (Lipinski definition) is 0. The van der Waals surface area contributed by atoms with Crippen LogP contribution in [0, 0.1) is 0 Å². The van der Waals surface area contributed by atoms with E-state index < -0.39 is 0 Å². The molecule has 0 aliphatic carbocycles. The van der Waals surface area contributed by atoms with Gasteiger partial charge in [0.05, 0.1) is 6.61 Å². The first-order valence-electron chi connectivity index (χ1n) is 4.25. The first kappa shape index (κ1) is 7.10. The van der Waals surface area contributed by atoms with Crippen molar-refractivity contribution >= 4 is 5.97 Å². The summed E-state index contributed by atoms with van der Waals surface area (Å²) in [6.07, 6.45) is 2.19. The van der Waals surface area contributed by atoms with E-state index in [4.69, 9.17) is 4.74 Å². The van der Waals surface area contributed by atoms with Crippen molar-refractivity contribution in [1.29, 1.82) is 0 Å². The van der Waals surface area contributed by atoms with Gasteiger partial charge in [0.1, 0.15) is 6.04 Å². The second kappa shape index (κ2) is 2.48. The molecule has 2 rings (SSSR count). The minimum absolute atomic E-state index is 0.0208. The van der Waals surface area contributed by atoms with Gasteiger partial charge >= 0.3 is 5.97 Å². The number of hydrogen-bond acceptors (Lipinski definition) is 3. The maximum Gasteiger partial charge on any atom is 0.323 e. The molecule has 0 aromatic rings. The number of carbonyl (C=O) groups excluding carboxylic acids is 1. The van der Waals surface area contributed by atoms with Crippen molar-refractivity contribution in [2.24, 2.45) is 0 Å². The third-order valence-electron chi connectivity index (χ3n) is 2.49. The van der Waals surface area contributed by atoms with Gasteiger partial charge in [-0.3, -0.25) is 9.69 Å². The molecule has 0 spiro atoms. The number of ether oxygens (including phenoxy) is 1. The van der Waals surface area contributed by atoms with Crippen LogP contribution in [0.4, 0.5) is 0 Å². The Morgan fingerprint density at radius 3 is 2.91 bits per heavy atom. The van der Waals surface area contributed by atoms with E-state index in [-0.39, 0.29) is 12.0 Å². The van der Waals surface area contributed by atoms with Crippen LogP contribution in [-0.2, 0) is 9.53 Å². The lowest BCUT2D eigenvalue weighted by Gasteiger charge is -2.10. The second-order valence-electron chi connectivity index (χ2n) is 3.20. The van der Waals surface area contributed by atoms with E-state index >= 15 is 0 Å². The molecule has 0 N–H and O–H groups in total. The lowest BCUT2D eigenvalue weighted by atomic mass is 10.2. The van der Waals surface area contributed by atoms with Crippen LogP contribution in [0.25, 0.3) is 0 Å². The van der Waals surface area contributed by atoms with Gasteiger partial charge in [0.2, 0.25) is 0 Å². The fourth-order valence-corrected chi connectivity index (χ4v) is 1.84. The molecular weight excluding hydrogens is 142 g/mol. The van der Waals surface area contributed by atoms with Crippen LogP contribution in [0.2, 0.25) is 0 Å². The highest BCUT2D eigenvalue weighted by atomic mass is 16.5. The molecule has 0 bridgehead atoms.